The molecule has 270 valence electrons. The van der Waals surface area contributed by atoms with E-state index in [0.717, 1.165) is 91.6 Å². The average Bonchev–Trinajstić information content (AvgIpc) is 3.69. The van der Waals surface area contributed by atoms with Gasteiger partial charge in [0.15, 0.2) is 11.5 Å². The van der Waals surface area contributed by atoms with Crippen LogP contribution in [-0.4, -0.2) is 89.7 Å². The quantitative estimate of drug-likeness (QED) is 0.264. The molecule has 7 aromatic rings. The van der Waals surface area contributed by atoms with Crippen LogP contribution in [0.5, 0.6) is 11.5 Å². The molecule has 0 bridgehead atoms. The smallest absolute Gasteiger partial charge is 0.258 e. The second-order valence-electron chi connectivity index (χ2n) is 13.0. The van der Waals surface area contributed by atoms with E-state index in [0.29, 0.717) is 22.8 Å². The first-order valence-corrected chi connectivity index (χ1v) is 17.7. The number of hydrogen-bond donors (Lipinski definition) is 2. The van der Waals surface area contributed by atoms with Crippen LogP contribution in [0.1, 0.15) is 0 Å². The number of rotatable bonds is 6. The predicted molar refractivity (Wildman–Crippen MR) is 208 cm³/mol. The van der Waals surface area contributed by atoms with Gasteiger partial charge in [0.25, 0.3) is 11.1 Å². The lowest BCUT2D eigenvalue weighted by atomic mass is 10.1. The molecule has 0 aliphatic carbocycles. The van der Waals surface area contributed by atoms with E-state index in [2.05, 4.69) is 36.5 Å². The van der Waals surface area contributed by atoms with Gasteiger partial charge in [-0.2, -0.15) is 0 Å². The first-order valence-electron chi connectivity index (χ1n) is 17.7. The molecule has 2 fully saturated rings. The van der Waals surface area contributed by atoms with E-state index in [4.69, 9.17) is 9.47 Å². The molecule has 0 amide bonds. The maximum Gasteiger partial charge on any atom is 0.258 e. The van der Waals surface area contributed by atoms with Crippen LogP contribution in [0.4, 0.5) is 11.4 Å². The molecule has 8 heterocycles. The van der Waals surface area contributed by atoms with Gasteiger partial charge in [0.05, 0.1) is 31.3 Å². The normalized spacial score (nSPS) is 14.7. The van der Waals surface area contributed by atoms with Crippen molar-refractivity contribution < 1.29 is 9.47 Å². The van der Waals surface area contributed by atoms with Crippen molar-refractivity contribution >= 4 is 28.2 Å². The lowest BCUT2D eigenvalue weighted by molar-refractivity contribution is 0.355. The highest BCUT2D eigenvalue weighted by molar-refractivity contribution is 5.72. The highest BCUT2D eigenvalue weighted by Gasteiger charge is 2.14. The van der Waals surface area contributed by atoms with Gasteiger partial charge in [0.2, 0.25) is 0 Å². The van der Waals surface area contributed by atoms with Gasteiger partial charge < -0.3 is 34.3 Å². The standard InChI is InChI=1S/C21H23N3O3.C19H18N6O/c1-26-19-6-3-15(12-20(19)27-2)16-11-17-4-5-18(14-24(17)21(25)13-16)23-9-7-22-8-10-23;26-19-12-16(14-3-7-24-10-6-21-18(24)11-14)22-17-2-1-15(13-25(17)19)23-8-4-20-5-9-23/h3-6,11-14,22H,7-10H2,1-2H3;1-3,6-7,10-13,20H,4-5,8-9H2. The van der Waals surface area contributed by atoms with E-state index in [1.54, 1.807) is 41.4 Å². The molecular weight excluding hydrogens is 670 g/mol. The fourth-order valence-corrected chi connectivity index (χ4v) is 6.92. The fourth-order valence-electron chi connectivity index (χ4n) is 6.92. The summed E-state index contributed by atoms with van der Waals surface area (Å²) in [6.45, 7) is 7.62. The van der Waals surface area contributed by atoms with Crippen LogP contribution in [0, 0.1) is 0 Å². The van der Waals surface area contributed by atoms with Crippen LogP contribution in [0.2, 0.25) is 0 Å². The van der Waals surface area contributed by atoms with Gasteiger partial charge in [-0.3, -0.25) is 18.4 Å². The Morgan fingerprint density at radius 2 is 1.28 bits per heavy atom. The number of ether oxygens (including phenoxy) is 2. The molecule has 13 heteroatoms. The molecule has 0 radical (unpaired) electrons. The Bertz CT molecular complexity index is 2530. The van der Waals surface area contributed by atoms with E-state index in [-0.39, 0.29) is 11.1 Å². The molecule has 53 heavy (non-hydrogen) atoms. The van der Waals surface area contributed by atoms with Gasteiger partial charge >= 0.3 is 0 Å². The molecule has 0 atom stereocenters. The predicted octanol–water partition coefficient (Wildman–Crippen LogP) is 3.81. The Morgan fingerprint density at radius 1 is 0.604 bits per heavy atom. The Hall–Kier alpha value is -6.18. The number of imidazole rings is 1. The van der Waals surface area contributed by atoms with Gasteiger partial charge in [-0.15, -0.1) is 0 Å². The van der Waals surface area contributed by atoms with Crippen LogP contribution >= 0.6 is 0 Å². The summed E-state index contributed by atoms with van der Waals surface area (Å²) in [5, 5.41) is 6.69. The summed E-state index contributed by atoms with van der Waals surface area (Å²) >= 11 is 0. The Morgan fingerprint density at radius 3 is 2.00 bits per heavy atom. The Balaban J connectivity index is 0.000000151. The SMILES string of the molecule is COc1ccc(-c2cc(=O)n3cc(N4CCNCC4)ccc3c2)cc1OC.O=c1cc(-c2ccn3ccnc3c2)nc2ccc(N3CCNCC3)cn12. The van der Waals surface area contributed by atoms with Gasteiger partial charge in [-0.1, -0.05) is 6.07 Å². The van der Waals surface area contributed by atoms with Gasteiger partial charge in [0.1, 0.15) is 11.3 Å². The van der Waals surface area contributed by atoms with Crippen molar-refractivity contribution in [3.05, 3.63) is 124 Å². The minimum atomic E-state index is -0.0785. The summed E-state index contributed by atoms with van der Waals surface area (Å²) in [5.74, 6) is 1.31. The molecule has 9 rings (SSSR count). The molecule has 0 spiro atoms. The van der Waals surface area contributed by atoms with E-state index < -0.39 is 0 Å². The fraction of sp³-hybridized carbons (Fsp3) is 0.250. The number of nitrogens with one attached hydrogen (secondary N) is 2. The van der Waals surface area contributed by atoms with Gasteiger partial charge in [-0.25, -0.2) is 9.97 Å². The lowest BCUT2D eigenvalue weighted by Gasteiger charge is -2.29. The minimum absolute atomic E-state index is 0.0470. The van der Waals surface area contributed by atoms with Crippen molar-refractivity contribution in [3.8, 4) is 33.9 Å². The number of fused-ring (bicyclic) bond motifs is 3. The summed E-state index contributed by atoms with van der Waals surface area (Å²) in [5.41, 5.74) is 7.66. The van der Waals surface area contributed by atoms with Gasteiger partial charge in [-0.05, 0) is 65.7 Å². The van der Waals surface area contributed by atoms with E-state index >= 15 is 0 Å². The van der Waals surface area contributed by atoms with E-state index in [9.17, 15) is 9.59 Å². The van der Waals surface area contributed by atoms with Crippen LogP contribution in [0.15, 0.2) is 113 Å². The number of aromatic nitrogens is 5. The number of hydrogen-bond acceptors (Lipinski definition) is 10. The van der Waals surface area contributed by atoms with E-state index in [1.165, 1.54) is 0 Å². The molecule has 0 unspecified atom stereocenters. The summed E-state index contributed by atoms with van der Waals surface area (Å²) in [7, 11) is 3.21. The van der Waals surface area contributed by atoms with E-state index in [1.807, 2.05) is 83.8 Å². The Kier molecular flexibility index (Phi) is 9.49. The first-order chi connectivity index (χ1) is 26.0. The third-order valence-electron chi connectivity index (χ3n) is 9.80. The van der Waals surface area contributed by atoms with Crippen molar-refractivity contribution in [2.75, 3.05) is 76.4 Å². The van der Waals surface area contributed by atoms with Crippen LogP contribution in [0.25, 0.3) is 39.2 Å². The monoisotopic (exact) mass is 711 g/mol. The van der Waals surface area contributed by atoms with Crippen molar-refractivity contribution in [1.29, 1.82) is 0 Å². The lowest BCUT2D eigenvalue weighted by Crippen LogP contribution is -2.43. The summed E-state index contributed by atoms with van der Waals surface area (Å²) in [4.78, 5) is 39.0. The highest BCUT2D eigenvalue weighted by Crippen LogP contribution is 2.32. The third-order valence-corrected chi connectivity index (χ3v) is 9.80. The molecule has 2 saturated heterocycles. The maximum atomic E-state index is 12.8. The largest absolute Gasteiger partial charge is 0.493 e. The van der Waals surface area contributed by atoms with Crippen molar-refractivity contribution in [3.63, 3.8) is 0 Å². The highest BCUT2D eigenvalue weighted by atomic mass is 16.5. The second-order valence-corrected chi connectivity index (χ2v) is 13.0. The molecule has 1 aromatic carbocycles. The number of nitrogens with zero attached hydrogens (tertiary/aromatic N) is 7. The van der Waals surface area contributed by atoms with Crippen molar-refractivity contribution in [1.82, 2.24) is 33.8 Å². The molecular formula is C40H41N9O4. The van der Waals surface area contributed by atoms with Crippen LogP contribution < -0.4 is 41.0 Å². The summed E-state index contributed by atoms with van der Waals surface area (Å²) < 4.78 is 15.9. The zero-order chi connectivity index (χ0) is 36.3. The van der Waals surface area contributed by atoms with Crippen molar-refractivity contribution in [2.24, 2.45) is 0 Å². The topological polar surface area (TPSA) is 122 Å². The summed E-state index contributed by atoms with van der Waals surface area (Å²) in [6, 6.07) is 22.9. The number of methoxy groups -OCH3 is 2. The number of pyridine rings is 4. The molecule has 2 N–H and O–H groups in total. The number of anilines is 2. The first kappa shape index (κ1) is 33.9. The molecule has 6 aromatic heterocycles. The van der Waals surface area contributed by atoms with Crippen LogP contribution in [-0.2, 0) is 0 Å². The molecule has 13 nitrogen and oxygen atoms in total. The zero-order valence-corrected chi connectivity index (χ0v) is 29.7. The molecule has 2 aliphatic rings. The number of benzene rings is 1. The zero-order valence-electron chi connectivity index (χ0n) is 29.7. The third kappa shape index (κ3) is 7.04. The second kappa shape index (κ2) is 14.8. The molecule has 2 aliphatic heterocycles. The Labute approximate surface area is 305 Å². The average molecular weight is 712 g/mol. The van der Waals surface area contributed by atoms with Gasteiger partial charge in [0, 0.05) is 107 Å². The van der Waals surface area contributed by atoms with Crippen molar-refractivity contribution in [2.45, 2.75) is 0 Å². The maximum absolute atomic E-state index is 12.8. The minimum Gasteiger partial charge on any atom is -0.493 e. The number of piperazine rings is 2. The summed E-state index contributed by atoms with van der Waals surface area (Å²) in [6.07, 6.45) is 9.38. The molecule has 0 saturated carbocycles. The van der Waals surface area contributed by atoms with Crippen LogP contribution in [0.3, 0.4) is 0 Å².